The fourth-order valence-corrected chi connectivity index (χ4v) is 3.42. The van der Waals surface area contributed by atoms with E-state index >= 15 is 0 Å². The molecule has 0 saturated carbocycles. The number of nitrogens with one attached hydrogen (secondary N) is 1. The Morgan fingerprint density at radius 1 is 0.905 bits per heavy atom. The first-order chi connectivity index (χ1) is 10.3. The maximum Gasteiger partial charge on any atom is 0.0965 e. The van der Waals surface area contributed by atoms with Gasteiger partial charge in [-0.2, -0.15) is 0 Å². The molecule has 1 unspecified atom stereocenters. The first-order valence-electron chi connectivity index (χ1n) is 7.81. The zero-order valence-corrected chi connectivity index (χ0v) is 12.3. The maximum absolute atomic E-state index is 11.5. The van der Waals surface area contributed by atoms with Crippen molar-refractivity contribution in [3.8, 4) is 0 Å². The second kappa shape index (κ2) is 6.42. The molecule has 1 aliphatic rings. The van der Waals surface area contributed by atoms with Crippen molar-refractivity contribution in [1.82, 2.24) is 5.32 Å². The smallest absolute Gasteiger partial charge is 0.0965 e. The maximum atomic E-state index is 11.5. The highest BCUT2D eigenvalue weighted by molar-refractivity contribution is 5.28. The summed E-state index contributed by atoms with van der Waals surface area (Å²) < 4.78 is 0. The van der Waals surface area contributed by atoms with Gasteiger partial charge in [-0.3, -0.25) is 0 Å². The van der Waals surface area contributed by atoms with Crippen LogP contribution >= 0.6 is 0 Å². The van der Waals surface area contributed by atoms with Gasteiger partial charge in [0.05, 0.1) is 5.60 Å². The molecular weight excluding hydrogens is 258 g/mol. The molecule has 2 N–H and O–H groups in total. The molecule has 0 bridgehead atoms. The molecule has 110 valence electrons. The molecule has 0 amide bonds. The molecule has 3 rings (SSSR count). The van der Waals surface area contributed by atoms with E-state index in [1.807, 2.05) is 36.4 Å². The Balaban J connectivity index is 1.94. The second-order valence-corrected chi connectivity index (χ2v) is 5.98. The van der Waals surface area contributed by atoms with E-state index in [4.69, 9.17) is 0 Å². The van der Waals surface area contributed by atoms with Crippen molar-refractivity contribution >= 4 is 0 Å². The summed E-state index contributed by atoms with van der Waals surface area (Å²) in [5, 5.41) is 14.9. The minimum Gasteiger partial charge on any atom is -0.385 e. The Bertz CT molecular complexity index is 548. The predicted octanol–water partition coefficient (Wildman–Crippen LogP) is 3.12. The number of piperidine rings is 1. The van der Waals surface area contributed by atoms with E-state index in [2.05, 4.69) is 29.6 Å². The van der Waals surface area contributed by atoms with Gasteiger partial charge >= 0.3 is 0 Å². The van der Waals surface area contributed by atoms with Crippen LogP contribution in [0.5, 0.6) is 0 Å². The van der Waals surface area contributed by atoms with Crippen molar-refractivity contribution in [3.63, 3.8) is 0 Å². The van der Waals surface area contributed by atoms with Gasteiger partial charge in [0.15, 0.2) is 0 Å². The van der Waals surface area contributed by atoms with Crippen molar-refractivity contribution in [2.45, 2.75) is 24.9 Å². The SMILES string of the molecule is OC(Cc1ccccc1)(c1ccccc1)C1CCNCC1. The lowest BCUT2D eigenvalue weighted by Gasteiger charge is -2.39. The van der Waals surface area contributed by atoms with Crippen LogP contribution in [0.1, 0.15) is 24.0 Å². The van der Waals surface area contributed by atoms with E-state index in [-0.39, 0.29) is 0 Å². The van der Waals surface area contributed by atoms with Gasteiger partial charge in [-0.1, -0.05) is 60.7 Å². The predicted molar refractivity (Wildman–Crippen MR) is 86.1 cm³/mol. The lowest BCUT2D eigenvalue weighted by molar-refractivity contribution is -0.0359. The van der Waals surface area contributed by atoms with E-state index < -0.39 is 5.60 Å². The summed E-state index contributed by atoms with van der Waals surface area (Å²) in [5.74, 6) is 0.307. The highest BCUT2D eigenvalue weighted by atomic mass is 16.3. The average Bonchev–Trinajstić information content (AvgIpc) is 2.57. The minimum absolute atomic E-state index is 0.307. The third kappa shape index (κ3) is 3.17. The normalized spacial score (nSPS) is 19.1. The monoisotopic (exact) mass is 281 g/mol. The van der Waals surface area contributed by atoms with Gasteiger partial charge in [-0.25, -0.2) is 0 Å². The van der Waals surface area contributed by atoms with Crippen LogP contribution < -0.4 is 5.32 Å². The van der Waals surface area contributed by atoms with Crippen LogP contribution in [0, 0.1) is 5.92 Å². The van der Waals surface area contributed by atoms with Crippen LogP contribution in [0.2, 0.25) is 0 Å². The zero-order valence-electron chi connectivity index (χ0n) is 12.3. The summed E-state index contributed by atoms with van der Waals surface area (Å²) in [7, 11) is 0. The Morgan fingerprint density at radius 3 is 2.10 bits per heavy atom. The van der Waals surface area contributed by atoms with Crippen LogP contribution in [0.25, 0.3) is 0 Å². The van der Waals surface area contributed by atoms with E-state index in [0.717, 1.165) is 31.5 Å². The van der Waals surface area contributed by atoms with Crippen molar-refractivity contribution in [3.05, 3.63) is 71.8 Å². The minimum atomic E-state index is -0.773. The standard InChI is InChI=1S/C19H23NO/c21-19(17-9-5-2-6-10-17,18-11-13-20-14-12-18)15-16-7-3-1-4-8-16/h1-10,18,20-21H,11-15H2. The highest BCUT2D eigenvalue weighted by Gasteiger charge is 2.38. The fourth-order valence-electron chi connectivity index (χ4n) is 3.42. The van der Waals surface area contributed by atoms with Gasteiger partial charge in [0.1, 0.15) is 0 Å². The van der Waals surface area contributed by atoms with Crippen LogP contribution in [0.15, 0.2) is 60.7 Å². The molecular formula is C19H23NO. The molecule has 1 saturated heterocycles. The lowest BCUT2D eigenvalue weighted by Crippen LogP contribution is -2.43. The summed E-state index contributed by atoms with van der Waals surface area (Å²) in [6, 6.07) is 20.5. The van der Waals surface area contributed by atoms with Crippen LogP contribution in [0.3, 0.4) is 0 Å². The fraction of sp³-hybridized carbons (Fsp3) is 0.368. The van der Waals surface area contributed by atoms with Gasteiger partial charge in [0, 0.05) is 6.42 Å². The first-order valence-corrected chi connectivity index (χ1v) is 7.81. The molecule has 0 radical (unpaired) electrons. The van der Waals surface area contributed by atoms with E-state index in [1.54, 1.807) is 0 Å². The first kappa shape index (κ1) is 14.3. The summed E-state index contributed by atoms with van der Waals surface area (Å²) >= 11 is 0. The third-order valence-electron chi connectivity index (χ3n) is 4.60. The Labute approximate surface area is 126 Å². The van der Waals surface area contributed by atoms with Crippen LogP contribution in [-0.2, 0) is 12.0 Å². The van der Waals surface area contributed by atoms with Crippen molar-refractivity contribution in [1.29, 1.82) is 0 Å². The van der Waals surface area contributed by atoms with Gasteiger partial charge in [-0.05, 0) is 43.0 Å². The van der Waals surface area contributed by atoms with Gasteiger partial charge in [0.2, 0.25) is 0 Å². The van der Waals surface area contributed by atoms with Gasteiger partial charge in [0.25, 0.3) is 0 Å². The molecule has 0 spiro atoms. The van der Waals surface area contributed by atoms with Gasteiger partial charge in [-0.15, -0.1) is 0 Å². The topological polar surface area (TPSA) is 32.3 Å². The molecule has 2 heteroatoms. The summed E-state index contributed by atoms with van der Waals surface area (Å²) in [6.45, 7) is 1.99. The Morgan fingerprint density at radius 2 is 1.48 bits per heavy atom. The Kier molecular flexibility index (Phi) is 4.37. The van der Waals surface area contributed by atoms with Crippen molar-refractivity contribution in [2.24, 2.45) is 5.92 Å². The molecule has 1 aliphatic heterocycles. The van der Waals surface area contributed by atoms with Gasteiger partial charge < -0.3 is 10.4 Å². The Hall–Kier alpha value is -1.64. The third-order valence-corrected chi connectivity index (χ3v) is 4.60. The quantitative estimate of drug-likeness (QED) is 0.902. The number of benzene rings is 2. The molecule has 1 atom stereocenters. The molecule has 1 fully saturated rings. The molecule has 21 heavy (non-hydrogen) atoms. The molecule has 2 aromatic rings. The van der Waals surface area contributed by atoms with Crippen molar-refractivity contribution in [2.75, 3.05) is 13.1 Å². The van der Waals surface area contributed by atoms with E-state index in [0.29, 0.717) is 12.3 Å². The largest absolute Gasteiger partial charge is 0.385 e. The average molecular weight is 281 g/mol. The number of rotatable bonds is 4. The van der Waals surface area contributed by atoms with Crippen LogP contribution in [0.4, 0.5) is 0 Å². The molecule has 2 nitrogen and oxygen atoms in total. The van der Waals surface area contributed by atoms with E-state index in [1.165, 1.54) is 5.56 Å². The second-order valence-electron chi connectivity index (χ2n) is 5.98. The zero-order chi connectivity index (χ0) is 14.5. The summed E-state index contributed by atoms with van der Waals surface area (Å²) in [5.41, 5.74) is 1.47. The summed E-state index contributed by atoms with van der Waals surface area (Å²) in [4.78, 5) is 0. The molecule has 0 aliphatic carbocycles. The molecule has 2 aromatic carbocycles. The number of aliphatic hydroxyl groups is 1. The molecule has 0 aromatic heterocycles. The summed E-state index contributed by atoms with van der Waals surface area (Å²) in [6.07, 6.45) is 2.74. The van der Waals surface area contributed by atoms with E-state index in [9.17, 15) is 5.11 Å². The number of hydrogen-bond donors (Lipinski definition) is 2. The highest BCUT2D eigenvalue weighted by Crippen LogP contribution is 2.38. The lowest BCUT2D eigenvalue weighted by atomic mass is 9.73. The number of hydrogen-bond acceptors (Lipinski definition) is 2. The van der Waals surface area contributed by atoms with Crippen LogP contribution in [-0.4, -0.2) is 18.2 Å². The molecule has 1 heterocycles. The van der Waals surface area contributed by atoms with Crippen molar-refractivity contribution < 1.29 is 5.11 Å².